The summed E-state index contributed by atoms with van der Waals surface area (Å²) in [7, 11) is 1.61. The molecule has 0 aromatic heterocycles. The van der Waals surface area contributed by atoms with Crippen molar-refractivity contribution in [2.75, 3.05) is 7.11 Å². The van der Waals surface area contributed by atoms with E-state index >= 15 is 0 Å². The van der Waals surface area contributed by atoms with Crippen LogP contribution in [-0.2, 0) is 9.53 Å². The number of ether oxygens (including phenoxy) is 1. The first kappa shape index (κ1) is 17.3. The minimum Gasteiger partial charge on any atom is -0.500 e. The van der Waals surface area contributed by atoms with Crippen molar-refractivity contribution in [2.24, 2.45) is 5.92 Å². The molecular weight excluding hydrogens is 332 g/mol. The number of Topliss-reactive ketones (excluding diaryl/α,β-unsaturated/α-hetero) is 1. The van der Waals surface area contributed by atoms with Crippen LogP contribution in [-0.4, -0.2) is 12.9 Å². The summed E-state index contributed by atoms with van der Waals surface area (Å²) in [4.78, 5) is 12.9. The summed E-state index contributed by atoms with van der Waals surface area (Å²) in [5.74, 6) is 3.21. The topological polar surface area (TPSA) is 26.3 Å². The van der Waals surface area contributed by atoms with E-state index in [1.54, 1.807) is 7.11 Å². The summed E-state index contributed by atoms with van der Waals surface area (Å²) >= 11 is 5.98. The van der Waals surface area contributed by atoms with Crippen molar-refractivity contribution in [3.63, 3.8) is 0 Å². The van der Waals surface area contributed by atoms with Gasteiger partial charge in [-0.1, -0.05) is 35.9 Å². The Balaban J connectivity index is 2.07. The van der Waals surface area contributed by atoms with Crippen LogP contribution in [0.5, 0.6) is 0 Å². The lowest BCUT2D eigenvalue weighted by Crippen LogP contribution is -2.09. The van der Waals surface area contributed by atoms with Gasteiger partial charge in [0.05, 0.1) is 12.7 Å². The highest BCUT2D eigenvalue weighted by molar-refractivity contribution is 6.30. The maximum atomic E-state index is 12.9. The first-order valence-corrected chi connectivity index (χ1v) is 8.54. The summed E-state index contributed by atoms with van der Waals surface area (Å²) < 4.78 is 5.51. The Kier molecular flexibility index (Phi) is 4.97. The van der Waals surface area contributed by atoms with Crippen molar-refractivity contribution in [2.45, 2.75) is 19.8 Å². The molecule has 1 aliphatic carbocycles. The fourth-order valence-corrected chi connectivity index (χ4v) is 3.37. The number of hydrogen-bond acceptors (Lipinski definition) is 2. The number of methoxy groups -OCH3 is 1. The van der Waals surface area contributed by atoms with E-state index < -0.39 is 0 Å². The molecule has 0 radical (unpaired) electrons. The SMILES string of the molecule is C#CCC1CC(OC)=C(c2cc(-c3ccc(Cl)cc3)ccc2C)C1=O. The second-order valence-electron chi connectivity index (χ2n) is 6.21. The van der Waals surface area contributed by atoms with E-state index in [1.807, 2.05) is 49.4 Å². The second kappa shape index (κ2) is 7.17. The minimum atomic E-state index is -0.187. The smallest absolute Gasteiger partial charge is 0.171 e. The molecule has 0 fully saturated rings. The van der Waals surface area contributed by atoms with Crippen molar-refractivity contribution in [3.8, 4) is 23.5 Å². The molecule has 0 amide bonds. The summed E-state index contributed by atoms with van der Waals surface area (Å²) in [6.07, 6.45) is 6.42. The first-order chi connectivity index (χ1) is 12.0. The molecule has 0 N–H and O–H groups in total. The second-order valence-corrected chi connectivity index (χ2v) is 6.65. The number of rotatable bonds is 4. The van der Waals surface area contributed by atoms with Gasteiger partial charge in [0.1, 0.15) is 5.76 Å². The number of terminal acetylenes is 1. The maximum Gasteiger partial charge on any atom is 0.171 e. The van der Waals surface area contributed by atoms with Crippen molar-refractivity contribution >= 4 is 23.0 Å². The maximum absolute atomic E-state index is 12.9. The molecule has 0 aliphatic heterocycles. The monoisotopic (exact) mass is 350 g/mol. The predicted molar refractivity (Wildman–Crippen MR) is 102 cm³/mol. The van der Waals surface area contributed by atoms with Gasteiger partial charge < -0.3 is 4.74 Å². The number of halogens is 1. The number of hydrogen-bond donors (Lipinski definition) is 0. The standard InChI is InChI=1S/C22H19ClO2/c1-4-5-17-13-20(25-3)21(22(17)24)19-12-16(7-6-14(19)2)15-8-10-18(23)11-9-15/h1,6-12,17H,5,13H2,2-3H3. The van der Waals surface area contributed by atoms with Gasteiger partial charge in [-0.3, -0.25) is 4.79 Å². The molecule has 2 nitrogen and oxygen atoms in total. The van der Waals surface area contributed by atoms with E-state index in [4.69, 9.17) is 22.8 Å². The van der Waals surface area contributed by atoms with Crippen LogP contribution in [0.2, 0.25) is 5.02 Å². The van der Waals surface area contributed by atoms with Crippen molar-refractivity contribution < 1.29 is 9.53 Å². The van der Waals surface area contributed by atoms with Gasteiger partial charge in [0.25, 0.3) is 0 Å². The zero-order valence-electron chi connectivity index (χ0n) is 14.3. The summed E-state index contributed by atoms with van der Waals surface area (Å²) in [6, 6.07) is 13.8. The van der Waals surface area contributed by atoms with Crippen molar-refractivity contribution in [3.05, 3.63) is 64.4 Å². The van der Waals surface area contributed by atoms with Gasteiger partial charge >= 0.3 is 0 Å². The highest BCUT2D eigenvalue weighted by Crippen LogP contribution is 2.39. The number of allylic oxidation sites excluding steroid dienone is 2. The molecule has 1 atom stereocenters. The zero-order chi connectivity index (χ0) is 18.0. The highest BCUT2D eigenvalue weighted by atomic mass is 35.5. The van der Waals surface area contributed by atoms with Crippen LogP contribution in [0.25, 0.3) is 16.7 Å². The Bertz CT molecular complexity index is 885. The van der Waals surface area contributed by atoms with E-state index in [-0.39, 0.29) is 11.7 Å². The predicted octanol–water partition coefficient (Wildman–Crippen LogP) is 5.29. The molecule has 0 saturated carbocycles. The molecular formula is C22H19ClO2. The third-order valence-electron chi connectivity index (χ3n) is 4.62. The Morgan fingerprint density at radius 1 is 1.20 bits per heavy atom. The largest absolute Gasteiger partial charge is 0.500 e. The van der Waals surface area contributed by atoms with Crippen molar-refractivity contribution in [1.29, 1.82) is 0 Å². The summed E-state index contributed by atoms with van der Waals surface area (Å²) in [5.41, 5.74) is 4.70. The van der Waals surface area contributed by atoms with Crippen LogP contribution in [0.15, 0.2) is 48.2 Å². The Labute approximate surface area is 153 Å². The Hall–Kier alpha value is -2.50. The molecule has 2 aromatic carbocycles. The molecule has 1 unspecified atom stereocenters. The molecule has 0 heterocycles. The van der Waals surface area contributed by atoms with Gasteiger partial charge in [0.15, 0.2) is 5.78 Å². The zero-order valence-corrected chi connectivity index (χ0v) is 15.1. The van der Waals surface area contributed by atoms with E-state index in [0.29, 0.717) is 23.4 Å². The Morgan fingerprint density at radius 2 is 1.88 bits per heavy atom. The number of carbonyl (C=O) groups excluding carboxylic acids is 1. The number of benzene rings is 2. The van der Waals surface area contributed by atoms with Crippen LogP contribution in [0.3, 0.4) is 0 Å². The quantitative estimate of drug-likeness (QED) is 0.701. The summed E-state index contributed by atoms with van der Waals surface area (Å²) in [6.45, 7) is 2.00. The molecule has 1 aliphatic rings. The highest BCUT2D eigenvalue weighted by Gasteiger charge is 2.35. The molecule has 3 heteroatoms. The number of ketones is 1. The molecule has 0 bridgehead atoms. The third kappa shape index (κ3) is 3.34. The average Bonchev–Trinajstić information content (AvgIpc) is 2.92. The van der Waals surface area contributed by atoms with Gasteiger partial charge in [0, 0.05) is 23.8 Å². The fourth-order valence-electron chi connectivity index (χ4n) is 3.25. The van der Waals surface area contributed by atoms with Crippen LogP contribution in [0, 0.1) is 25.2 Å². The van der Waals surface area contributed by atoms with E-state index in [9.17, 15) is 4.79 Å². The number of carbonyl (C=O) groups is 1. The van der Waals surface area contributed by atoms with Gasteiger partial charge in [-0.15, -0.1) is 12.3 Å². The van der Waals surface area contributed by atoms with Crippen LogP contribution < -0.4 is 0 Å². The lowest BCUT2D eigenvalue weighted by atomic mass is 9.92. The van der Waals surface area contributed by atoms with Gasteiger partial charge in [-0.2, -0.15) is 0 Å². The van der Waals surface area contributed by atoms with Gasteiger partial charge in [-0.25, -0.2) is 0 Å². The summed E-state index contributed by atoms with van der Waals surface area (Å²) in [5, 5.41) is 0.698. The lowest BCUT2D eigenvalue weighted by molar-refractivity contribution is -0.116. The molecule has 25 heavy (non-hydrogen) atoms. The molecule has 3 rings (SSSR count). The van der Waals surface area contributed by atoms with Crippen molar-refractivity contribution in [1.82, 2.24) is 0 Å². The lowest BCUT2D eigenvalue weighted by Gasteiger charge is -2.12. The van der Waals surface area contributed by atoms with E-state index in [0.717, 1.165) is 28.0 Å². The normalized spacial score (nSPS) is 16.9. The van der Waals surface area contributed by atoms with Gasteiger partial charge in [-0.05, 0) is 47.4 Å². The molecule has 0 saturated heterocycles. The molecule has 2 aromatic rings. The average molecular weight is 351 g/mol. The first-order valence-electron chi connectivity index (χ1n) is 8.17. The molecule has 0 spiro atoms. The number of aryl methyl sites for hydroxylation is 1. The van der Waals surface area contributed by atoms with E-state index in [2.05, 4.69) is 5.92 Å². The van der Waals surface area contributed by atoms with Crippen LogP contribution in [0.4, 0.5) is 0 Å². The fraction of sp³-hybridized carbons (Fsp3) is 0.227. The molecule has 126 valence electrons. The van der Waals surface area contributed by atoms with Crippen LogP contribution in [0.1, 0.15) is 24.0 Å². The van der Waals surface area contributed by atoms with Gasteiger partial charge in [0.2, 0.25) is 0 Å². The van der Waals surface area contributed by atoms with E-state index in [1.165, 1.54) is 0 Å². The third-order valence-corrected chi connectivity index (χ3v) is 4.87. The Morgan fingerprint density at radius 3 is 2.52 bits per heavy atom. The minimum absolute atomic E-state index is 0.0751. The van der Waals surface area contributed by atoms with Crippen LogP contribution >= 0.6 is 11.6 Å².